The van der Waals surface area contributed by atoms with E-state index in [9.17, 15) is 22.4 Å². The number of hydrogen-bond acceptors (Lipinski definition) is 3. The Morgan fingerprint density at radius 1 is 1.17 bits per heavy atom. The Kier molecular flexibility index (Phi) is 6.46. The van der Waals surface area contributed by atoms with Gasteiger partial charge in [0, 0.05) is 5.56 Å². The summed E-state index contributed by atoms with van der Waals surface area (Å²) in [5.41, 5.74) is 1.31. The molecule has 0 amide bonds. The summed E-state index contributed by atoms with van der Waals surface area (Å²) < 4.78 is 46.5. The van der Waals surface area contributed by atoms with Gasteiger partial charge in [-0.05, 0) is 40.2 Å². The molecule has 130 valence electrons. The van der Waals surface area contributed by atoms with E-state index in [0.29, 0.717) is 10.3 Å². The van der Waals surface area contributed by atoms with Gasteiger partial charge in [-0.15, -0.1) is 0 Å². The summed E-state index contributed by atoms with van der Waals surface area (Å²) in [6, 6.07) is 5.84. The number of aromatic nitrogens is 2. The molecule has 6 nitrogen and oxygen atoms in total. The van der Waals surface area contributed by atoms with Gasteiger partial charge in [0.2, 0.25) is 0 Å². The first-order valence-corrected chi connectivity index (χ1v) is 6.80. The first-order chi connectivity index (χ1) is 11.0. The zero-order valence-corrected chi connectivity index (χ0v) is 13.2. The van der Waals surface area contributed by atoms with Crippen molar-refractivity contribution < 1.29 is 37.4 Å². The van der Waals surface area contributed by atoms with Gasteiger partial charge in [0.25, 0.3) is 0 Å². The molecule has 0 aliphatic heterocycles. The minimum atomic E-state index is -5.08. The van der Waals surface area contributed by atoms with Gasteiger partial charge in [0.15, 0.2) is 0 Å². The monoisotopic (exact) mass is 412 g/mol. The highest BCUT2D eigenvalue weighted by molar-refractivity contribution is 9.10. The van der Waals surface area contributed by atoms with E-state index in [1.807, 2.05) is 0 Å². The van der Waals surface area contributed by atoms with Crippen LogP contribution >= 0.6 is 15.9 Å². The second-order valence-corrected chi connectivity index (χ2v) is 4.97. The lowest BCUT2D eigenvalue weighted by molar-refractivity contribution is -0.192. The van der Waals surface area contributed by atoms with Gasteiger partial charge < -0.3 is 14.8 Å². The molecule has 0 atom stereocenters. The maximum Gasteiger partial charge on any atom is 0.490 e. The van der Waals surface area contributed by atoms with Gasteiger partial charge in [0.1, 0.15) is 22.7 Å². The first-order valence-electron chi connectivity index (χ1n) is 6.01. The first kappa shape index (κ1) is 19.6. The third-order valence-electron chi connectivity index (χ3n) is 2.44. The summed E-state index contributed by atoms with van der Waals surface area (Å²) in [4.78, 5) is 23.6. The number of carbonyl (C=O) groups is 2. The van der Waals surface area contributed by atoms with Crippen LogP contribution < -0.4 is 0 Å². The summed E-state index contributed by atoms with van der Waals surface area (Å²) in [6.45, 7) is -0.172. The molecule has 0 aliphatic carbocycles. The topological polar surface area (TPSA) is 92.4 Å². The SMILES string of the molecule is O=C(O)C(F)(F)F.O=C(O)Cn1cnc(-c2ccc(F)cc2)c1Br. The number of carboxylic acid groups (broad SMARTS) is 2. The standard InChI is InChI=1S/C11H8BrFN2O2.C2HF3O2/c12-11-10(7-1-3-8(13)4-2-7)14-6-15(11)5-9(16)17;3-2(4,5)1(6)7/h1-4,6H,5H2,(H,16,17);(H,6,7). The van der Waals surface area contributed by atoms with Gasteiger partial charge in [0.05, 0.1) is 6.33 Å². The Hall–Kier alpha value is -2.43. The summed E-state index contributed by atoms with van der Waals surface area (Å²) >= 11 is 3.28. The van der Waals surface area contributed by atoms with Crippen molar-refractivity contribution in [1.29, 1.82) is 0 Å². The van der Waals surface area contributed by atoms with E-state index in [-0.39, 0.29) is 12.4 Å². The lowest BCUT2D eigenvalue weighted by Gasteiger charge is -2.01. The third-order valence-corrected chi connectivity index (χ3v) is 3.27. The highest BCUT2D eigenvalue weighted by atomic mass is 79.9. The van der Waals surface area contributed by atoms with Crippen LogP contribution in [0.4, 0.5) is 17.6 Å². The molecule has 1 heterocycles. The average Bonchev–Trinajstić information content (AvgIpc) is 2.80. The van der Waals surface area contributed by atoms with Gasteiger partial charge >= 0.3 is 18.1 Å². The lowest BCUT2D eigenvalue weighted by atomic mass is 10.2. The fourth-order valence-corrected chi connectivity index (χ4v) is 1.97. The van der Waals surface area contributed by atoms with Crippen LogP contribution in [0, 0.1) is 5.82 Å². The highest BCUT2D eigenvalue weighted by Crippen LogP contribution is 2.26. The van der Waals surface area contributed by atoms with Crippen molar-refractivity contribution in [1.82, 2.24) is 9.55 Å². The molecule has 0 spiro atoms. The average molecular weight is 413 g/mol. The van der Waals surface area contributed by atoms with Crippen LogP contribution in [-0.4, -0.2) is 37.9 Å². The van der Waals surface area contributed by atoms with Gasteiger partial charge in [-0.25, -0.2) is 14.2 Å². The quantitative estimate of drug-likeness (QED) is 0.755. The third kappa shape index (κ3) is 5.65. The molecular formula is C13H9BrF4N2O4. The van der Waals surface area contributed by atoms with E-state index in [4.69, 9.17) is 15.0 Å². The van der Waals surface area contributed by atoms with Crippen molar-refractivity contribution in [3.63, 3.8) is 0 Å². The number of carboxylic acids is 2. The van der Waals surface area contributed by atoms with Crippen molar-refractivity contribution in [2.75, 3.05) is 0 Å². The molecule has 0 unspecified atom stereocenters. The van der Waals surface area contributed by atoms with E-state index in [2.05, 4.69) is 20.9 Å². The van der Waals surface area contributed by atoms with Crippen molar-refractivity contribution >= 4 is 27.9 Å². The summed E-state index contributed by atoms with van der Waals surface area (Å²) in [5.74, 6) is -4.03. The number of halogens is 5. The minimum Gasteiger partial charge on any atom is -0.480 e. The summed E-state index contributed by atoms with van der Waals surface area (Å²) in [6.07, 6.45) is -3.66. The number of hydrogen-bond donors (Lipinski definition) is 2. The fraction of sp³-hybridized carbons (Fsp3) is 0.154. The lowest BCUT2D eigenvalue weighted by Crippen LogP contribution is -2.21. The molecule has 0 aliphatic rings. The molecule has 2 N–H and O–H groups in total. The number of aliphatic carboxylic acids is 2. The van der Waals surface area contributed by atoms with Crippen molar-refractivity contribution in [3.05, 3.63) is 41.0 Å². The normalized spacial score (nSPS) is 10.7. The van der Waals surface area contributed by atoms with Crippen molar-refractivity contribution in [2.24, 2.45) is 0 Å². The Morgan fingerprint density at radius 2 is 1.67 bits per heavy atom. The Labute approximate surface area is 140 Å². The number of benzene rings is 1. The molecule has 0 saturated carbocycles. The van der Waals surface area contributed by atoms with Crippen LogP contribution in [0.3, 0.4) is 0 Å². The maximum atomic E-state index is 12.8. The second kappa shape index (κ2) is 7.90. The molecule has 24 heavy (non-hydrogen) atoms. The molecule has 2 rings (SSSR count). The summed E-state index contributed by atoms with van der Waals surface area (Å²) in [7, 11) is 0. The van der Waals surface area contributed by atoms with E-state index in [0.717, 1.165) is 5.56 Å². The van der Waals surface area contributed by atoms with E-state index >= 15 is 0 Å². The van der Waals surface area contributed by atoms with E-state index in [1.165, 1.54) is 23.0 Å². The molecule has 1 aromatic heterocycles. The molecule has 0 radical (unpaired) electrons. The predicted octanol–water partition coefficient (Wildman–Crippen LogP) is 3.17. The predicted molar refractivity (Wildman–Crippen MR) is 76.6 cm³/mol. The van der Waals surface area contributed by atoms with E-state index < -0.39 is 18.1 Å². The van der Waals surface area contributed by atoms with Gasteiger partial charge in [-0.3, -0.25) is 4.79 Å². The Bertz CT molecular complexity index is 729. The zero-order chi connectivity index (χ0) is 18.5. The smallest absolute Gasteiger partial charge is 0.480 e. The van der Waals surface area contributed by atoms with Gasteiger partial charge in [-0.1, -0.05) is 0 Å². The largest absolute Gasteiger partial charge is 0.490 e. The van der Waals surface area contributed by atoms with E-state index in [1.54, 1.807) is 12.1 Å². The van der Waals surface area contributed by atoms with Crippen LogP contribution in [0.1, 0.15) is 0 Å². The van der Waals surface area contributed by atoms with Crippen LogP contribution in [0.5, 0.6) is 0 Å². The van der Waals surface area contributed by atoms with Crippen LogP contribution in [0.15, 0.2) is 35.2 Å². The van der Waals surface area contributed by atoms with Gasteiger partial charge in [-0.2, -0.15) is 13.2 Å². The molecule has 1 aromatic carbocycles. The number of rotatable bonds is 3. The number of nitrogens with zero attached hydrogens (tertiary/aromatic N) is 2. The zero-order valence-electron chi connectivity index (χ0n) is 11.6. The maximum absolute atomic E-state index is 12.8. The van der Waals surface area contributed by atoms with Crippen LogP contribution in [0.2, 0.25) is 0 Å². The Morgan fingerprint density at radius 3 is 2.08 bits per heavy atom. The molecule has 11 heteroatoms. The molecular weight excluding hydrogens is 404 g/mol. The number of alkyl halides is 3. The molecule has 2 aromatic rings. The molecule has 0 saturated heterocycles. The minimum absolute atomic E-state index is 0.172. The molecule has 0 fully saturated rings. The highest BCUT2D eigenvalue weighted by Gasteiger charge is 2.38. The summed E-state index contributed by atoms with van der Waals surface area (Å²) in [5, 5.41) is 15.8. The van der Waals surface area contributed by atoms with Crippen molar-refractivity contribution in [2.45, 2.75) is 12.7 Å². The second-order valence-electron chi connectivity index (χ2n) is 4.22. The Balaban J connectivity index is 0.000000351. The fourth-order valence-electron chi connectivity index (χ4n) is 1.42. The van der Waals surface area contributed by atoms with Crippen LogP contribution in [0.25, 0.3) is 11.3 Å². The van der Waals surface area contributed by atoms with Crippen molar-refractivity contribution in [3.8, 4) is 11.3 Å². The number of imidazole rings is 1. The van der Waals surface area contributed by atoms with Crippen LogP contribution in [-0.2, 0) is 16.1 Å². The molecule has 0 bridgehead atoms.